The Bertz CT molecular complexity index is 444. The van der Waals surface area contributed by atoms with Crippen LogP contribution in [0.3, 0.4) is 0 Å². The molecule has 0 fully saturated rings. The maximum atomic E-state index is 5.53. The summed E-state index contributed by atoms with van der Waals surface area (Å²) in [4.78, 5) is 3.91. The highest BCUT2D eigenvalue weighted by Crippen LogP contribution is 2.15. The van der Waals surface area contributed by atoms with Gasteiger partial charge in [-0.1, -0.05) is 28.1 Å². The van der Waals surface area contributed by atoms with Gasteiger partial charge in [-0.3, -0.25) is 0 Å². The summed E-state index contributed by atoms with van der Waals surface area (Å²) in [6, 6.07) is 7.91. The van der Waals surface area contributed by atoms with Crippen LogP contribution in [-0.2, 0) is 6.42 Å². The summed E-state index contributed by atoms with van der Waals surface area (Å²) in [6.07, 6.45) is 0.596. The predicted molar refractivity (Wildman–Crippen MR) is 56.3 cm³/mol. The lowest BCUT2D eigenvalue weighted by Gasteiger charge is -1.96. The smallest absolute Gasteiger partial charge is 0.263 e. The number of aromatic nitrogens is 2. The van der Waals surface area contributed by atoms with E-state index in [2.05, 4.69) is 26.1 Å². The molecule has 0 saturated carbocycles. The highest BCUT2D eigenvalue weighted by molar-refractivity contribution is 9.10. The van der Waals surface area contributed by atoms with Crippen molar-refractivity contribution in [3.63, 3.8) is 0 Å². The lowest BCUT2D eigenvalue weighted by molar-refractivity contribution is 0.384. The fraction of sp³-hybridized carbons (Fsp3) is 0.111. The van der Waals surface area contributed by atoms with Gasteiger partial charge in [-0.25, -0.2) is 0 Å². The second-order valence-corrected chi connectivity index (χ2v) is 4.02. The zero-order valence-corrected chi connectivity index (χ0v) is 9.42. The van der Waals surface area contributed by atoms with E-state index in [0.29, 0.717) is 12.3 Å². The second kappa shape index (κ2) is 4.11. The normalized spacial score (nSPS) is 10.4. The Labute approximate surface area is 94.2 Å². The average Bonchev–Trinajstić information content (AvgIpc) is 2.51. The van der Waals surface area contributed by atoms with Crippen LogP contribution in [0.5, 0.6) is 0 Å². The number of hydrogen-bond donors (Lipinski definition) is 0. The van der Waals surface area contributed by atoms with Gasteiger partial charge in [0.25, 0.3) is 5.28 Å². The van der Waals surface area contributed by atoms with Gasteiger partial charge in [-0.15, -0.1) is 0 Å². The van der Waals surface area contributed by atoms with Gasteiger partial charge < -0.3 is 4.52 Å². The van der Waals surface area contributed by atoms with Crippen molar-refractivity contribution in [1.82, 2.24) is 10.1 Å². The Balaban J connectivity index is 2.18. The summed E-state index contributed by atoms with van der Waals surface area (Å²) in [6.45, 7) is 0. The van der Waals surface area contributed by atoms with Crippen LogP contribution in [0.2, 0.25) is 5.28 Å². The fourth-order valence-electron chi connectivity index (χ4n) is 1.13. The second-order valence-electron chi connectivity index (χ2n) is 2.76. The largest absolute Gasteiger partial charge is 0.338 e. The molecule has 0 bridgehead atoms. The zero-order chi connectivity index (χ0) is 9.97. The molecule has 0 atom stereocenters. The topological polar surface area (TPSA) is 38.9 Å². The third kappa shape index (κ3) is 2.33. The Morgan fingerprint density at radius 3 is 2.93 bits per heavy atom. The van der Waals surface area contributed by atoms with E-state index < -0.39 is 0 Å². The molecule has 0 amide bonds. The van der Waals surface area contributed by atoms with Crippen molar-refractivity contribution >= 4 is 27.5 Å². The van der Waals surface area contributed by atoms with Crippen LogP contribution in [0.25, 0.3) is 0 Å². The molecule has 0 aliphatic carbocycles. The molecular formula is C9H6BrClN2O. The molecule has 1 aromatic heterocycles. The van der Waals surface area contributed by atoms with E-state index in [9.17, 15) is 0 Å². The van der Waals surface area contributed by atoms with Crippen molar-refractivity contribution in [3.05, 3.63) is 45.5 Å². The van der Waals surface area contributed by atoms with Crippen LogP contribution in [0.4, 0.5) is 0 Å². The van der Waals surface area contributed by atoms with Crippen LogP contribution < -0.4 is 0 Å². The third-order valence-electron chi connectivity index (χ3n) is 1.69. The number of nitrogens with zero attached hydrogens (tertiary/aromatic N) is 2. The molecule has 0 spiro atoms. The summed E-state index contributed by atoms with van der Waals surface area (Å²) in [5, 5.41) is 3.65. The summed E-state index contributed by atoms with van der Waals surface area (Å²) in [7, 11) is 0. The number of halogens is 2. The molecule has 0 saturated heterocycles. The molecule has 2 aromatic rings. The van der Waals surface area contributed by atoms with Gasteiger partial charge in [0.1, 0.15) is 0 Å². The quantitative estimate of drug-likeness (QED) is 0.844. The van der Waals surface area contributed by atoms with Crippen LogP contribution >= 0.6 is 27.5 Å². The monoisotopic (exact) mass is 272 g/mol. The van der Waals surface area contributed by atoms with Crippen LogP contribution in [0.1, 0.15) is 11.5 Å². The molecule has 0 radical (unpaired) electrons. The van der Waals surface area contributed by atoms with Gasteiger partial charge in [0.05, 0.1) is 6.42 Å². The summed E-state index contributed by atoms with van der Waals surface area (Å²) < 4.78 is 5.93. The molecule has 3 nitrogen and oxygen atoms in total. The molecule has 14 heavy (non-hydrogen) atoms. The van der Waals surface area contributed by atoms with Crippen LogP contribution in [0, 0.1) is 0 Å². The first kappa shape index (κ1) is 9.68. The number of benzene rings is 1. The van der Waals surface area contributed by atoms with Gasteiger partial charge >= 0.3 is 0 Å². The lowest BCUT2D eigenvalue weighted by Crippen LogP contribution is -1.87. The molecule has 0 N–H and O–H groups in total. The summed E-state index contributed by atoms with van der Waals surface area (Å²) in [5.74, 6) is 0.521. The van der Waals surface area contributed by atoms with E-state index >= 15 is 0 Å². The minimum atomic E-state index is 0.148. The molecule has 1 aromatic carbocycles. The SMILES string of the molecule is Clc1noc(Cc2cccc(Br)c2)n1. The van der Waals surface area contributed by atoms with Crippen molar-refractivity contribution in [2.75, 3.05) is 0 Å². The molecule has 2 rings (SSSR count). The molecular weight excluding hydrogens is 267 g/mol. The maximum absolute atomic E-state index is 5.53. The number of hydrogen-bond acceptors (Lipinski definition) is 3. The lowest BCUT2D eigenvalue weighted by atomic mass is 10.1. The van der Waals surface area contributed by atoms with Gasteiger partial charge in [0.15, 0.2) is 0 Å². The number of rotatable bonds is 2. The molecule has 0 aliphatic heterocycles. The first-order valence-corrected chi connectivity index (χ1v) is 5.13. The maximum Gasteiger partial charge on any atom is 0.263 e. The van der Waals surface area contributed by atoms with Crippen LogP contribution in [-0.4, -0.2) is 10.1 Å². The Hall–Kier alpha value is -0.870. The Kier molecular flexibility index (Phi) is 2.84. The van der Waals surface area contributed by atoms with E-state index in [-0.39, 0.29) is 5.28 Å². The summed E-state index contributed by atoms with van der Waals surface area (Å²) >= 11 is 8.92. The van der Waals surface area contributed by atoms with Crippen molar-refractivity contribution < 1.29 is 4.52 Å². The van der Waals surface area contributed by atoms with Crippen LogP contribution in [0.15, 0.2) is 33.3 Å². The van der Waals surface area contributed by atoms with E-state index in [4.69, 9.17) is 16.1 Å². The van der Waals surface area contributed by atoms with E-state index in [1.54, 1.807) is 0 Å². The minimum Gasteiger partial charge on any atom is -0.338 e. The van der Waals surface area contributed by atoms with Crippen molar-refractivity contribution in [2.45, 2.75) is 6.42 Å². The minimum absolute atomic E-state index is 0.148. The standard InChI is InChI=1S/C9H6BrClN2O/c10-7-3-1-2-6(4-7)5-8-12-9(11)13-14-8/h1-4H,5H2. The molecule has 0 unspecified atom stereocenters. The van der Waals surface area contributed by atoms with Crippen molar-refractivity contribution in [1.29, 1.82) is 0 Å². The van der Waals surface area contributed by atoms with Gasteiger partial charge in [0, 0.05) is 4.47 Å². The van der Waals surface area contributed by atoms with E-state index in [0.717, 1.165) is 10.0 Å². The van der Waals surface area contributed by atoms with Crippen molar-refractivity contribution in [2.24, 2.45) is 0 Å². The first-order valence-electron chi connectivity index (χ1n) is 3.96. The van der Waals surface area contributed by atoms with Gasteiger partial charge in [-0.2, -0.15) is 4.98 Å². The van der Waals surface area contributed by atoms with Crippen molar-refractivity contribution in [3.8, 4) is 0 Å². The van der Waals surface area contributed by atoms with E-state index in [1.807, 2.05) is 24.3 Å². The van der Waals surface area contributed by atoms with Gasteiger partial charge in [0.2, 0.25) is 5.89 Å². The predicted octanol–water partition coefficient (Wildman–Crippen LogP) is 3.08. The van der Waals surface area contributed by atoms with Gasteiger partial charge in [-0.05, 0) is 34.5 Å². The zero-order valence-electron chi connectivity index (χ0n) is 7.08. The summed E-state index contributed by atoms with van der Waals surface area (Å²) in [5.41, 5.74) is 1.10. The first-order chi connectivity index (χ1) is 6.74. The molecule has 0 aliphatic rings. The molecule has 1 heterocycles. The Morgan fingerprint density at radius 2 is 2.29 bits per heavy atom. The molecule has 72 valence electrons. The average molecular weight is 274 g/mol. The highest BCUT2D eigenvalue weighted by atomic mass is 79.9. The third-order valence-corrected chi connectivity index (χ3v) is 2.33. The van der Waals surface area contributed by atoms with E-state index in [1.165, 1.54) is 0 Å². The fourth-order valence-corrected chi connectivity index (χ4v) is 1.70. The highest BCUT2D eigenvalue weighted by Gasteiger charge is 2.04. The molecule has 5 heteroatoms. The Morgan fingerprint density at radius 1 is 1.43 bits per heavy atom.